The average Bonchev–Trinajstić information content (AvgIpc) is 3.22. The first-order chi connectivity index (χ1) is 17.8. The zero-order valence-electron chi connectivity index (χ0n) is 20.3. The zero-order valence-corrected chi connectivity index (χ0v) is 20.3. The molecule has 1 aromatic heterocycles. The molecule has 37 heavy (non-hydrogen) atoms. The summed E-state index contributed by atoms with van der Waals surface area (Å²) in [7, 11) is 0. The fraction of sp³-hybridized carbons (Fsp3) is 0.138. The number of fused-ring (bicyclic) bond motifs is 1. The number of urea groups is 1. The quantitative estimate of drug-likeness (QED) is 0.295. The second-order valence-corrected chi connectivity index (χ2v) is 8.80. The van der Waals surface area contributed by atoms with E-state index < -0.39 is 23.7 Å². The van der Waals surface area contributed by atoms with Gasteiger partial charge in [-0.25, -0.2) is 14.1 Å². The predicted molar refractivity (Wildman–Crippen MR) is 139 cm³/mol. The number of aromatic nitrogens is 1. The number of aryl methyl sites for hydroxylation is 2. The molecular formula is C29H24FN3O4. The topological polar surface area (TPSA) is 80.6 Å². The van der Waals surface area contributed by atoms with Gasteiger partial charge in [-0.3, -0.25) is 14.9 Å². The third-order valence-electron chi connectivity index (χ3n) is 6.29. The second kappa shape index (κ2) is 9.73. The van der Waals surface area contributed by atoms with Crippen LogP contribution in [-0.4, -0.2) is 29.0 Å². The van der Waals surface area contributed by atoms with Crippen LogP contribution < -0.4 is 15.0 Å². The van der Waals surface area contributed by atoms with Crippen molar-refractivity contribution in [3.05, 3.63) is 101 Å². The highest BCUT2D eigenvalue weighted by atomic mass is 19.1. The summed E-state index contributed by atoms with van der Waals surface area (Å²) in [6.07, 6.45) is 3.33. The van der Waals surface area contributed by atoms with Crippen molar-refractivity contribution in [2.45, 2.75) is 20.4 Å². The van der Waals surface area contributed by atoms with E-state index in [0.29, 0.717) is 18.7 Å². The van der Waals surface area contributed by atoms with E-state index in [1.807, 2.05) is 67.1 Å². The van der Waals surface area contributed by atoms with Crippen molar-refractivity contribution in [2.24, 2.45) is 0 Å². The summed E-state index contributed by atoms with van der Waals surface area (Å²) in [5, 5.41) is 3.04. The van der Waals surface area contributed by atoms with Crippen LogP contribution in [0.15, 0.2) is 78.5 Å². The van der Waals surface area contributed by atoms with Gasteiger partial charge in [-0.15, -0.1) is 0 Å². The fourth-order valence-corrected chi connectivity index (χ4v) is 4.49. The molecule has 0 unspecified atom stereocenters. The Balaban J connectivity index is 1.45. The number of nitrogens with zero attached hydrogens (tertiary/aromatic N) is 2. The number of rotatable bonds is 6. The molecular weight excluding hydrogens is 473 g/mol. The Morgan fingerprint density at radius 1 is 0.919 bits per heavy atom. The lowest BCUT2D eigenvalue weighted by atomic mass is 10.1. The molecule has 4 aromatic rings. The van der Waals surface area contributed by atoms with Crippen LogP contribution in [0, 0.1) is 19.7 Å². The number of barbiturate groups is 1. The minimum atomic E-state index is -0.884. The number of carbonyl (C=O) groups excluding carboxylic acids is 3. The minimum Gasteiger partial charge on any atom is -0.491 e. The first-order valence-electron chi connectivity index (χ1n) is 11.8. The maximum absolute atomic E-state index is 13.4. The van der Waals surface area contributed by atoms with Gasteiger partial charge in [0.05, 0.1) is 12.2 Å². The number of benzene rings is 3. The zero-order chi connectivity index (χ0) is 26.1. The van der Waals surface area contributed by atoms with Gasteiger partial charge in [0.2, 0.25) is 0 Å². The van der Waals surface area contributed by atoms with Crippen molar-refractivity contribution < 1.29 is 23.5 Å². The number of para-hydroxylation sites is 2. The van der Waals surface area contributed by atoms with E-state index in [9.17, 15) is 18.8 Å². The summed E-state index contributed by atoms with van der Waals surface area (Å²) in [5.41, 5.74) is 3.64. The predicted octanol–water partition coefficient (Wildman–Crippen LogP) is 5.14. The van der Waals surface area contributed by atoms with Crippen molar-refractivity contribution >= 4 is 40.5 Å². The third kappa shape index (κ3) is 4.61. The number of halogens is 1. The van der Waals surface area contributed by atoms with Gasteiger partial charge in [-0.1, -0.05) is 36.4 Å². The molecule has 1 fully saturated rings. The van der Waals surface area contributed by atoms with E-state index in [1.165, 1.54) is 18.2 Å². The highest BCUT2D eigenvalue weighted by Crippen LogP contribution is 2.27. The fourth-order valence-electron chi connectivity index (χ4n) is 4.49. The number of nitrogens with one attached hydrogen (secondary N) is 1. The summed E-state index contributed by atoms with van der Waals surface area (Å²) < 4.78 is 21.4. The minimum absolute atomic E-state index is 0.161. The lowest BCUT2D eigenvalue weighted by Gasteiger charge is -2.26. The summed E-state index contributed by atoms with van der Waals surface area (Å²) in [6, 6.07) is 17.7. The van der Waals surface area contributed by atoms with Crippen LogP contribution in [0.2, 0.25) is 0 Å². The van der Waals surface area contributed by atoms with Crippen LogP contribution in [0.1, 0.15) is 16.7 Å². The molecule has 0 bridgehead atoms. The van der Waals surface area contributed by atoms with E-state index in [4.69, 9.17) is 4.74 Å². The Kier molecular flexibility index (Phi) is 6.31. The molecule has 8 heteroatoms. The molecule has 3 aromatic carbocycles. The average molecular weight is 498 g/mol. The summed E-state index contributed by atoms with van der Waals surface area (Å²) in [4.78, 5) is 39.1. The Hall–Kier alpha value is -4.72. The lowest BCUT2D eigenvalue weighted by molar-refractivity contribution is -0.122. The van der Waals surface area contributed by atoms with Crippen molar-refractivity contribution in [1.29, 1.82) is 0 Å². The van der Waals surface area contributed by atoms with E-state index in [1.54, 1.807) is 0 Å². The maximum atomic E-state index is 13.4. The standard InChI is InChI=1S/C29H24FN3O4/c1-18-6-5-7-19(2)26(18)37-15-14-32-17-20(23-8-3-4-9-25(23)32)16-24-27(34)31-29(36)33(28(24)35)22-12-10-21(30)11-13-22/h3-13,16-17H,14-15H2,1-2H3,(H,31,34,36)/b24-16-. The molecule has 5 rings (SSSR count). The Bertz CT molecular complexity index is 1550. The molecule has 1 saturated heterocycles. The van der Waals surface area contributed by atoms with Gasteiger partial charge in [0.25, 0.3) is 11.8 Å². The monoisotopic (exact) mass is 497 g/mol. The number of amides is 4. The molecule has 0 atom stereocenters. The number of hydrogen-bond acceptors (Lipinski definition) is 4. The van der Waals surface area contributed by atoms with Gasteiger partial charge < -0.3 is 9.30 Å². The molecule has 2 heterocycles. The number of imide groups is 2. The first kappa shape index (κ1) is 24.0. The number of anilines is 1. The second-order valence-electron chi connectivity index (χ2n) is 8.80. The Morgan fingerprint density at radius 2 is 1.62 bits per heavy atom. The van der Waals surface area contributed by atoms with Gasteiger partial charge in [0.15, 0.2) is 0 Å². The molecule has 186 valence electrons. The van der Waals surface area contributed by atoms with Gasteiger partial charge in [-0.2, -0.15) is 0 Å². The van der Waals surface area contributed by atoms with Gasteiger partial charge in [-0.05, 0) is 61.4 Å². The number of hydrogen-bond donors (Lipinski definition) is 1. The summed E-state index contributed by atoms with van der Waals surface area (Å²) in [6.45, 7) is 4.97. The lowest BCUT2D eigenvalue weighted by Crippen LogP contribution is -2.54. The molecule has 1 aliphatic heterocycles. The number of carbonyl (C=O) groups is 3. The Morgan fingerprint density at radius 3 is 2.35 bits per heavy atom. The van der Waals surface area contributed by atoms with E-state index >= 15 is 0 Å². The van der Waals surface area contributed by atoms with E-state index in [-0.39, 0.29) is 11.3 Å². The molecule has 0 saturated carbocycles. The van der Waals surface area contributed by atoms with Crippen molar-refractivity contribution in [3.8, 4) is 5.75 Å². The molecule has 0 spiro atoms. The van der Waals surface area contributed by atoms with E-state index in [2.05, 4.69) is 5.32 Å². The SMILES string of the molecule is Cc1cccc(C)c1OCCn1cc(/C=C2/C(=O)NC(=O)N(c3ccc(F)cc3)C2=O)c2ccccc21. The van der Waals surface area contributed by atoms with Crippen LogP contribution in [0.3, 0.4) is 0 Å². The maximum Gasteiger partial charge on any atom is 0.335 e. The first-order valence-corrected chi connectivity index (χ1v) is 11.8. The van der Waals surface area contributed by atoms with Crippen molar-refractivity contribution in [1.82, 2.24) is 9.88 Å². The molecule has 1 aliphatic rings. The summed E-state index contributed by atoms with van der Waals surface area (Å²) >= 11 is 0. The highest BCUT2D eigenvalue weighted by molar-refractivity contribution is 6.39. The van der Waals surface area contributed by atoms with Crippen LogP contribution in [-0.2, 0) is 16.1 Å². The Labute approximate surface area is 212 Å². The van der Waals surface area contributed by atoms with Crippen LogP contribution in [0.4, 0.5) is 14.9 Å². The van der Waals surface area contributed by atoms with Crippen LogP contribution in [0.25, 0.3) is 17.0 Å². The third-order valence-corrected chi connectivity index (χ3v) is 6.29. The molecule has 1 N–H and O–H groups in total. The summed E-state index contributed by atoms with van der Waals surface area (Å²) in [5.74, 6) is -1.22. The smallest absolute Gasteiger partial charge is 0.335 e. The highest BCUT2D eigenvalue weighted by Gasteiger charge is 2.37. The molecule has 4 amide bonds. The molecule has 0 radical (unpaired) electrons. The van der Waals surface area contributed by atoms with Crippen LogP contribution in [0.5, 0.6) is 5.75 Å². The largest absolute Gasteiger partial charge is 0.491 e. The van der Waals surface area contributed by atoms with E-state index in [0.717, 1.165) is 44.8 Å². The normalized spacial score (nSPS) is 14.9. The van der Waals surface area contributed by atoms with Crippen molar-refractivity contribution in [2.75, 3.05) is 11.5 Å². The van der Waals surface area contributed by atoms with Gasteiger partial charge >= 0.3 is 6.03 Å². The molecule has 7 nitrogen and oxygen atoms in total. The van der Waals surface area contributed by atoms with Crippen LogP contribution >= 0.6 is 0 Å². The van der Waals surface area contributed by atoms with Gasteiger partial charge in [0, 0.05) is 22.7 Å². The van der Waals surface area contributed by atoms with Crippen molar-refractivity contribution in [3.63, 3.8) is 0 Å². The number of ether oxygens (including phenoxy) is 1. The van der Waals surface area contributed by atoms with Gasteiger partial charge in [0.1, 0.15) is 23.7 Å². The molecule has 0 aliphatic carbocycles.